The first kappa shape index (κ1) is 20.3. The molecular formula is C22H24BrNO4. The molecule has 0 N–H and O–H groups in total. The molecule has 0 unspecified atom stereocenters. The summed E-state index contributed by atoms with van der Waals surface area (Å²) in [6.07, 6.45) is 5.44. The third kappa shape index (κ3) is 4.87. The predicted molar refractivity (Wildman–Crippen MR) is 113 cm³/mol. The number of halogens is 1. The van der Waals surface area contributed by atoms with Gasteiger partial charge in [-0.2, -0.15) is 0 Å². The molecule has 1 aliphatic carbocycles. The molecule has 1 amide bonds. The lowest BCUT2D eigenvalue weighted by atomic mass is 10.1. The van der Waals surface area contributed by atoms with Gasteiger partial charge in [-0.3, -0.25) is 4.79 Å². The normalized spacial score (nSPS) is 13.4. The maximum absolute atomic E-state index is 13.0. The van der Waals surface area contributed by atoms with E-state index in [1.807, 2.05) is 41.3 Å². The molecule has 1 aliphatic rings. The summed E-state index contributed by atoms with van der Waals surface area (Å²) in [5, 5.41) is 0. The van der Waals surface area contributed by atoms with Gasteiger partial charge in [-0.1, -0.05) is 15.9 Å². The smallest absolute Gasteiger partial charge is 0.247 e. The molecule has 0 saturated heterocycles. The van der Waals surface area contributed by atoms with E-state index in [0.29, 0.717) is 6.54 Å². The Kier molecular flexibility index (Phi) is 6.62. The Hall–Kier alpha value is -2.47. The number of hydrogen-bond donors (Lipinski definition) is 0. The van der Waals surface area contributed by atoms with E-state index in [4.69, 9.17) is 14.2 Å². The zero-order valence-electron chi connectivity index (χ0n) is 16.3. The number of rotatable bonds is 8. The lowest BCUT2D eigenvalue weighted by molar-refractivity contribution is -0.127. The maximum atomic E-state index is 13.0. The van der Waals surface area contributed by atoms with Crippen LogP contribution in [0.15, 0.2) is 46.9 Å². The number of carbonyl (C=O) groups is 1. The summed E-state index contributed by atoms with van der Waals surface area (Å²) < 4.78 is 17.1. The minimum Gasteiger partial charge on any atom is -0.497 e. The second-order valence-corrected chi connectivity index (χ2v) is 7.51. The van der Waals surface area contributed by atoms with Gasteiger partial charge in [0.1, 0.15) is 17.2 Å². The zero-order chi connectivity index (χ0) is 20.1. The Bertz CT molecular complexity index is 877. The van der Waals surface area contributed by atoms with E-state index in [2.05, 4.69) is 15.9 Å². The van der Waals surface area contributed by atoms with Crippen molar-refractivity contribution in [2.24, 2.45) is 0 Å². The van der Waals surface area contributed by atoms with E-state index in [1.165, 1.54) is 0 Å². The van der Waals surface area contributed by atoms with E-state index in [9.17, 15) is 4.79 Å². The topological polar surface area (TPSA) is 48.0 Å². The highest BCUT2D eigenvalue weighted by molar-refractivity contribution is 9.10. The van der Waals surface area contributed by atoms with Crippen molar-refractivity contribution in [2.75, 3.05) is 21.3 Å². The van der Waals surface area contributed by atoms with Crippen LogP contribution >= 0.6 is 15.9 Å². The number of benzene rings is 2. The van der Waals surface area contributed by atoms with E-state index < -0.39 is 0 Å². The standard InChI is InChI=1S/C22H24BrNO4/c1-26-19-8-10-21(28-3)16(13-19)14-24(18-6-7-18)22(25)11-4-15-12-17(23)5-9-20(15)27-2/h4-5,8-13,18H,6-7,14H2,1-3H3/b11-4+. The zero-order valence-corrected chi connectivity index (χ0v) is 17.9. The molecule has 0 radical (unpaired) electrons. The van der Waals surface area contributed by atoms with Gasteiger partial charge in [-0.05, 0) is 55.3 Å². The van der Waals surface area contributed by atoms with Crippen LogP contribution in [-0.2, 0) is 11.3 Å². The van der Waals surface area contributed by atoms with E-state index >= 15 is 0 Å². The second kappa shape index (κ2) is 9.15. The largest absolute Gasteiger partial charge is 0.497 e. The SMILES string of the molecule is COc1ccc(OC)c(CN(C(=O)/C=C/c2cc(Br)ccc2OC)C2CC2)c1. The fraction of sp³-hybridized carbons (Fsp3) is 0.318. The van der Waals surface area contributed by atoms with E-state index in [-0.39, 0.29) is 11.9 Å². The molecule has 2 aromatic carbocycles. The lowest BCUT2D eigenvalue weighted by Gasteiger charge is -2.22. The number of hydrogen-bond acceptors (Lipinski definition) is 4. The van der Waals surface area contributed by atoms with Crippen LogP contribution in [0.25, 0.3) is 6.08 Å². The van der Waals surface area contributed by atoms with Gasteiger partial charge in [0.2, 0.25) is 5.91 Å². The van der Waals surface area contributed by atoms with Crippen LogP contribution in [0, 0.1) is 0 Å². The van der Waals surface area contributed by atoms with Crippen molar-refractivity contribution >= 4 is 27.9 Å². The summed E-state index contributed by atoms with van der Waals surface area (Å²) in [4.78, 5) is 14.8. The second-order valence-electron chi connectivity index (χ2n) is 6.59. The Morgan fingerprint density at radius 3 is 2.43 bits per heavy atom. The first-order valence-electron chi connectivity index (χ1n) is 9.09. The summed E-state index contributed by atoms with van der Waals surface area (Å²) >= 11 is 3.46. The quantitative estimate of drug-likeness (QED) is 0.553. The number of amides is 1. The first-order valence-corrected chi connectivity index (χ1v) is 9.88. The molecule has 6 heteroatoms. The van der Waals surface area contributed by atoms with Crippen LogP contribution < -0.4 is 14.2 Å². The average Bonchev–Trinajstić information content (AvgIpc) is 3.55. The molecule has 0 heterocycles. The summed E-state index contributed by atoms with van der Waals surface area (Å²) in [6, 6.07) is 11.6. The molecule has 3 rings (SSSR count). The van der Waals surface area contributed by atoms with Crippen molar-refractivity contribution in [2.45, 2.75) is 25.4 Å². The third-order valence-electron chi connectivity index (χ3n) is 4.70. The van der Waals surface area contributed by atoms with Crippen molar-refractivity contribution in [3.8, 4) is 17.2 Å². The molecular weight excluding hydrogens is 422 g/mol. The van der Waals surface area contributed by atoms with Crippen molar-refractivity contribution < 1.29 is 19.0 Å². The van der Waals surface area contributed by atoms with Gasteiger partial charge in [-0.15, -0.1) is 0 Å². The van der Waals surface area contributed by atoms with Gasteiger partial charge in [0.25, 0.3) is 0 Å². The van der Waals surface area contributed by atoms with Gasteiger partial charge in [0.15, 0.2) is 0 Å². The highest BCUT2D eigenvalue weighted by Crippen LogP contribution is 2.32. The molecule has 1 saturated carbocycles. The van der Waals surface area contributed by atoms with Gasteiger partial charge >= 0.3 is 0 Å². The highest BCUT2D eigenvalue weighted by Gasteiger charge is 2.32. The Morgan fingerprint density at radius 1 is 1.07 bits per heavy atom. The number of carbonyl (C=O) groups excluding carboxylic acids is 1. The summed E-state index contributed by atoms with van der Waals surface area (Å²) in [5.74, 6) is 2.18. The fourth-order valence-electron chi connectivity index (χ4n) is 3.05. The molecule has 0 bridgehead atoms. The van der Waals surface area contributed by atoms with Crippen LogP contribution in [0.2, 0.25) is 0 Å². The van der Waals surface area contributed by atoms with Gasteiger partial charge in [0, 0.05) is 27.7 Å². The summed E-state index contributed by atoms with van der Waals surface area (Å²) in [7, 11) is 4.88. The lowest BCUT2D eigenvalue weighted by Crippen LogP contribution is -2.31. The maximum Gasteiger partial charge on any atom is 0.247 e. The Morgan fingerprint density at radius 2 is 1.79 bits per heavy atom. The molecule has 1 fully saturated rings. The average molecular weight is 446 g/mol. The Labute approximate surface area is 174 Å². The van der Waals surface area contributed by atoms with Gasteiger partial charge in [-0.25, -0.2) is 0 Å². The molecule has 148 valence electrons. The van der Waals surface area contributed by atoms with Crippen LogP contribution in [-0.4, -0.2) is 38.2 Å². The molecule has 28 heavy (non-hydrogen) atoms. The van der Waals surface area contributed by atoms with E-state index in [0.717, 1.165) is 45.7 Å². The molecule has 2 aromatic rings. The van der Waals surface area contributed by atoms with Crippen LogP contribution in [0.1, 0.15) is 24.0 Å². The number of nitrogens with zero attached hydrogens (tertiary/aromatic N) is 1. The van der Waals surface area contributed by atoms with Crippen molar-refractivity contribution in [1.29, 1.82) is 0 Å². The van der Waals surface area contributed by atoms with Crippen LogP contribution in [0.4, 0.5) is 0 Å². The van der Waals surface area contributed by atoms with Crippen molar-refractivity contribution in [3.05, 3.63) is 58.1 Å². The minimum absolute atomic E-state index is 0.0330. The molecule has 0 spiro atoms. The summed E-state index contributed by atoms with van der Waals surface area (Å²) in [6.45, 7) is 0.476. The van der Waals surface area contributed by atoms with Crippen LogP contribution in [0.5, 0.6) is 17.2 Å². The minimum atomic E-state index is -0.0330. The molecule has 0 aliphatic heterocycles. The van der Waals surface area contributed by atoms with Crippen molar-refractivity contribution in [1.82, 2.24) is 4.90 Å². The first-order chi connectivity index (χ1) is 13.5. The van der Waals surface area contributed by atoms with Crippen molar-refractivity contribution in [3.63, 3.8) is 0 Å². The molecule has 5 nitrogen and oxygen atoms in total. The predicted octanol–water partition coefficient (Wildman–Crippen LogP) is 4.68. The number of methoxy groups -OCH3 is 3. The van der Waals surface area contributed by atoms with E-state index in [1.54, 1.807) is 33.5 Å². The van der Waals surface area contributed by atoms with Gasteiger partial charge < -0.3 is 19.1 Å². The fourth-order valence-corrected chi connectivity index (χ4v) is 3.43. The summed E-state index contributed by atoms with van der Waals surface area (Å²) in [5.41, 5.74) is 1.77. The third-order valence-corrected chi connectivity index (χ3v) is 5.19. The molecule has 0 atom stereocenters. The number of ether oxygens (including phenoxy) is 3. The Balaban J connectivity index is 1.82. The van der Waals surface area contributed by atoms with Gasteiger partial charge in [0.05, 0.1) is 27.9 Å². The van der Waals surface area contributed by atoms with Crippen LogP contribution in [0.3, 0.4) is 0 Å². The molecule has 0 aromatic heterocycles. The highest BCUT2D eigenvalue weighted by atomic mass is 79.9. The monoisotopic (exact) mass is 445 g/mol.